The Morgan fingerprint density at radius 2 is 0.972 bits per heavy atom. The van der Waals surface area contributed by atoms with Gasteiger partial charge in [-0.1, -0.05) is 75.2 Å². The molecule has 0 aliphatic carbocycles. The van der Waals surface area contributed by atoms with E-state index in [0.29, 0.717) is 42.0 Å². The lowest BCUT2D eigenvalue weighted by atomic mass is 10.1. The van der Waals surface area contributed by atoms with Crippen molar-refractivity contribution in [3.05, 3.63) is 131 Å². The van der Waals surface area contributed by atoms with Crippen molar-refractivity contribution in [2.75, 3.05) is 130 Å². The summed E-state index contributed by atoms with van der Waals surface area (Å²) in [6, 6.07) is 28.0. The number of nitrogens with one attached hydrogen (secondary N) is 3. The summed E-state index contributed by atoms with van der Waals surface area (Å²) in [6.45, 7) is 12.8. The van der Waals surface area contributed by atoms with Crippen molar-refractivity contribution < 1.29 is 28.7 Å². The van der Waals surface area contributed by atoms with Gasteiger partial charge in [0.25, 0.3) is 23.6 Å². The number of imide groups is 2. The Labute approximate surface area is 434 Å². The molecule has 3 N–H and O–H groups in total. The van der Waals surface area contributed by atoms with Gasteiger partial charge in [-0.05, 0) is 171 Å². The molecule has 4 amide bonds. The van der Waals surface area contributed by atoms with E-state index in [1.807, 2.05) is 77.8 Å². The number of carbonyl (C=O) groups is 4. The third-order valence-electron chi connectivity index (χ3n) is 11.2. The Morgan fingerprint density at radius 1 is 0.528 bits per heavy atom. The van der Waals surface area contributed by atoms with Gasteiger partial charge >= 0.3 is 0 Å². The fourth-order valence-electron chi connectivity index (χ4n) is 6.79. The number of carbonyl (C=O) groups excluding carboxylic acids is 4. The second-order valence-electron chi connectivity index (χ2n) is 17.9. The van der Waals surface area contributed by atoms with Crippen LogP contribution in [-0.4, -0.2) is 183 Å². The zero-order valence-electron chi connectivity index (χ0n) is 46.1. The molecule has 4 aromatic rings. The van der Waals surface area contributed by atoms with E-state index in [-0.39, 0.29) is 23.6 Å². The Bertz CT molecular complexity index is 2000. The summed E-state index contributed by atoms with van der Waals surface area (Å²) in [4.78, 5) is 61.1. The monoisotopic (exact) mass is 998 g/mol. The van der Waals surface area contributed by atoms with Crippen LogP contribution < -0.4 is 20.7 Å². The number of pyridine rings is 1. The van der Waals surface area contributed by atoms with Gasteiger partial charge in [-0.15, -0.1) is 0 Å². The molecule has 0 unspecified atom stereocenters. The molecule has 15 heteroatoms. The number of para-hydroxylation sites is 1. The van der Waals surface area contributed by atoms with Gasteiger partial charge in [0.2, 0.25) is 0 Å². The highest BCUT2D eigenvalue weighted by molar-refractivity contribution is 6.22. The fraction of sp³-hybridized carbons (Fsp3) is 0.526. The van der Waals surface area contributed by atoms with Crippen LogP contribution >= 0.6 is 0 Å². The van der Waals surface area contributed by atoms with Gasteiger partial charge < -0.3 is 40.1 Å². The number of aromatic nitrogens is 1. The van der Waals surface area contributed by atoms with Crippen LogP contribution in [0.25, 0.3) is 0 Å². The first-order chi connectivity index (χ1) is 34.7. The van der Waals surface area contributed by atoms with Crippen molar-refractivity contribution in [2.45, 2.75) is 71.8 Å². The number of hydrogen-bond donors (Lipinski definition) is 3. The molecule has 0 radical (unpaired) electrons. The van der Waals surface area contributed by atoms with E-state index in [9.17, 15) is 19.2 Å². The number of fused-ring (bicyclic) bond motifs is 2. The molecule has 0 saturated heterocycles. The maximum atomic E-state index is 12.0. The Morgan fingerprint density at radius 3 is 1.40 bits per heavy atom. The summed E-state index contributed by atoms with van der Waals surface area (Å²) in [7, 11) is 19.8. The summed E-state index contributed by atoms with van der Waals surface area (Å²) in [6.07, 6.45) is 10.4. The van der Waals surface area contributed by atoms with Crippen LogP contribution in [0.1, 0.15) is 111 Å². The van der Waals surface area contributed by atoms with Crippen molar-refractivity contribution >= 4 is 23.6 Å². The highest BCUT2D eigenvalue weighted by Gasteiger charge is 2.35. The van der Waals surface area contributed by atoms with E-state index in [1.54, 1.807) is 55.6 Å². The normalized spacial score (nSPS) is 12.2. The molecule has 400 valence electrons. The van der Waals surface area contributed by atoms with Gasteiger partial charge in [-0.2, -0.15) is 0 Å². The molecule has 3 aromatic carbocycles. The number of nitrogens with zero attached hydrogens (tertiary/aromatic N) is 6. The molecule has 0 saturated carbocycles. The molecule has 0 spiro atoms. The minimum Gasteiger partial charge on any atom is -0.496 e. The number of hydrogen-bond acceptors (Lipinski definition) is 13. The van der Waals surface area contributed by atoms with Crippen LogP contribution in [0, 0.1) is 0 Å². The van der Waals surface area contributed by atoms with Crippen LogP contribution in [0.4, 0.5) is 0 Å². The lowest BCUT2D eigenvalue weighted by molar-refractivity contribution is 0.0636. The topological polar surface area (TPSA) is 152 Å². The lowest BCUT2D eigenvalue weighted by Crippen LogP contribution is -2.32. The first-order valence-corrected chi connectivity index (χ1v) is 25.6. The van der Waals surface area contributed by atoms with Gasteiger partial charge in [0.1, 0.15) is 5.75 Å². The number of likely N-dealkylation sites (N-methyl/N-ethyl adjacent to an activating group) is 1. The Kier molecular flexibility index (Phi) is 36.0. The second kappa shape index (κ2) is 40.1. The quantitative estimate of drug-likeness (QED) is 0.0471. The molecule has 0 fully saturated rings. The summed E-state index contributed by atoms with van der Waals surface area (Å²) in [5.41, 5.74) is 4.40. The third-order valence-corrected chi connectivity index (χ3v) is 11.2. The minimum absolute atomic E-state index is 0.152. The van der Waals surface area contributed by atoms with E-state index in [4.69, 9.17) is 9.47 Å². The Hall–Kier alpha value is -5.39. The first kappa shape index (κ1) is 64.6. The minimum atomic E-state index is -0.170. The van der Waals surface area contributed by atoms with Crippen molar-refractivity contribution in [1.29, 1.82) is 0 Å². The van der Waals surface area contributed by atoms with E-state index < -0.39 is 0 Å². The number of rotatable bonds is 24. The predicted molar refractivity (Wildman–Crippen MR) is 295 cm³/mol. The maximum absolute atomic E-state index is 12.0. The molecule has 2 aliphatic rings. The molecule has 2 aliphatic heterocycles. The number of ether oxygens (including phenoxy) is 2. The van der Waals surface area contributed by atoms with E-state index in [1.165, 1.54) is 35.6 Å². The average molecular weight is 998 g/mol. The molecule has 72 heavy (non-hydrogen) atoms. The molecule has 6 rings (SSSR count). The van der Waals surface area contributed by atoms with Crippen LogP contribution in [0.5, 0.6) is 5.75 Å². The highest BCUT2D eigenvalue weighted by atomic mass is 16.5. The molecule has 0 atom stereocenters. The molecule has 15 nitrogen and oxygen atoms in total. The number of benzene rings is 3. The maximum Gasteiger partial charge on any atom is 0.261 e. The van der Waals surface area contributed by atoms with Crippen LogP contribution in [0.15, 0.2) is 97.2 Å². The third kappa shape index (κ3) is 26.3. The molecule has 3 heterocycles. The molecular weight excluding hydrogens is 907 g/mol. The standard InChI is InChI=1S/C16H27NO2.C14H18N2O2.C12H14N2O2.C8H12N2.C4H11N.C3H9N/c1-17(2)12-8-4-5-9-13-19-14-15-10-6-7-11-16(15)18-3;1-15(2)9-5-6-10-16-13(17)11-7-3-4-8-12(11)14(16)18;1-13-7-4-8-14-11(15)9-5-2-3-6-10(9)12(14)16;1-9-7-5-8-4-2-3-6-10-8;1-4-5(2)3;1-3-4-2/h6-7,10-11H,4-5,8-9,12-14H2,1-3H3;3-4,7-8H,5-6,9-10H2,1-2H3;2-3,5-6,13H,4,7-8H2,1H3;2-4,6,9H,5,7H2,1H3;4H2,1-3H3;4H,3H2,1-2H3. The second-order valence-corrected chi connectivity index (χ2v) is 17.9. The predicted octanol–water partition coefficient (Wildman–Crippen LogP) is 7.49. The van der Waals surface area contributed by atoms with Gasteiger partial charge in [-0.3, -0.25) is 34.0 Å². The van der Waals surface area contributed by atoms with E-state index in [0.717, 1.165) is 88.4 Å². The summed E-state index contributed by atoms with van der Waals surface area (Å²) in [5, 5.41) is 9.00. The van der Waals surface area contributed by atoms with Gasteiger partial charge in [-0.25, -0.2) is 0 Å². The number of methoxy groups -OCH3 is 1. The van der Waals surface area contributed by atoms with Crippen molar-refractivity contribution in [3.63, 3.8) is 0 Å². The lowest BCUT2D eigenvalue weighted by Gasteiger charge is -2.14. The zero-order valence-corrected chi connectivity index (χ0v) is 46.1. The Balaban J connectivity index is 0.000000460. The van der Waals surface area contributed by atoms with Gasteiger partial charge in [0, 0.05) is 50.1 Å². The molecular formula is C57H91N9O6. The van der Waals surface area contributed by atoms with Gasteiger partial charge in [0.05, 0.1) is 36.0 Å². The first-order valence-electron chi connectivity index (χ1n) is 25.6. The zero-order chi connectivity index (χ0) is 53.5. The van der Waals surface area contributed by atoms with Crippen molar-refractivity contribution in [2.24, 2.45) is 0 Å². The fourth-order valence-corrected chi connectivity index (χ4v) is 6.79. The summed E-state index contributed by atoms with van der Waals surface area (Å²) < 4.78 is 11.0. The van der Waals surface area contributed by atoms with Crippen molar-refractivity contribution in [3.8, 4) is 5.75 Å². The molecule has 0 bridgehead atoms. The summed E-state index contributed by atoms with van der Waals surface area (Å²) in [5.74, 6) is 0.266. The van der Waals surface area contributed by atoms with E-state index >= 15 is 0 Å². The largest absolute Gasteiger partial charge is 0.496 e. The number of unbranched alkanes of at least 4 members (excludes halogenated alkanes) is 4. The SMILES string of the molecule is CCN(C)C.CCNC.CN(C)CCCCN1C(=O)c2ccccc2C1=O.CNCCCN1C(=O)c2ccccc2C1=O.CNCCc1ccccn1.COc1ccccc1COCCCCCCN(C)C. The van der Waals surface area contributed by atoms with Gasteiger partial charge in [0.15, 0.2) is 0 Å². The average Bonchev–Trinajstić information content (AvgIpc) is 3.78. The van der Waals surface area contributed by atoms with Crippen LogP contribution in [0.3, 0.4) is 0 Å². The number of amides is 4. The van der Waals surface area contributed by atoms with Crippen LogP contribution in [0.2, 0.25) is 0 Å². The molecule has 1 aromatic heterocycles. The smallest absolute Gasteiger partial charge is 0.261 e. The van der Waals surface area contributed by atoms with Crippen LogP contribution in [-0.2, 0) is 17.8 Å². The summed E-state index contributed by atoms with van der Waals surface area (Å²) >= 11 is 0. The highest BCUT2D eigenvalue weighted by Crippen LogP contribution is 2.24. The van der Waals surface area contributed by atoms with E-state index in [2.05, 4.69) is 83.7 Å². The van der Waals surface area contributed by atoms with Crippen molar-refractivity contribution in [1.82, 2.24) is 45.4 Å².